The molecule has 0 aromatic heterocycles. The van der Waals surface area contributed by atoms with Gasteiger partial charge in [0.25, 0.3) is 0 Å². The molecule has 5 N–H and O–H groups in total. The molecule has 11 heteroatoms. The van der Waals surface area contributed by atoms with Crippen molar-refractivity contribution in [1.82, 2.24) is 16.0 Å². The van der Waals surface area contributed by atoms with Crippen LogP contribution in [-0.2, 0) is 25.5 Å². The fourth-order valence-electron chi connectivity index (χ4n) is 2.60. The highest BCUT2D eigenvalue weighted by molar-refractivity contribution is 7.51. The molecule has 2 atom stereocenters. The number of alkyl carbamates (subject to hydrolysis) is 1. The lowest BCUT2D eigenvalue weighted by Gasteiger charge is -2.22. The summed E-state index contributed by atoms with van der Waals surface area (Å²) in [6.07, 6.45) is 0.180. The van der Waals surface area contributed by atoms with E-state index in [2.05, 4.69) is 16.0 Å². The highest BCUT2D eigenvalue weighted by Crippen LogP contribution is 2.31. The second-order valence-corrected chi connectivity index (χ2v) is 8.41. The Morgan fingerprint density at radius 2 is 1.53 bits per heavy atom. The predicted molar refractivity (Wildman–Crippen MR) is 110 cm³/mol. The summed E-state index contributed by atoms with van der Waals surface area (Å²) in [6.45, 7) is 3.70. The smallest absolute Gasteiger partial charge is 0.408 e. The van der Waals surface area contributed by atoms with Crippen LogP contribution in [0.25, 0.3) is 0 Å². The van der Waals surface area contributed by atoms with Crippen LogP contribution in [0.3, 0.4) is 0 Å². The van der Waals surface area contributed by atoms with Gasteiger partial charge >= 0.3 is 13.7 Å². The zero-order valence-electron chi connectivity index (χ0n) is 17.2. The van der Waals surface area contributed by atoms with Crippen molar-refractivity contribution < 1.29 is 33.5 Å². The average Bonchev–Trinajstić information content (AvgIpc) is 2.70. The van der Waals surface area contributed by atoms with Crippen LogP contribution in [0.2, 0.25) is 0 Å². The highest BCUT2D eigenvalue weighted by Gasteiger charge is 2.27. The quantitative estimate of drug-likeness (QED) is 0.308. The maximum absolute atomic E-state index is 12.6. The van der Waals surface area contributed by atoms with E-state index in [1.54, 1.807) is 19.1 Å². The van der Waals surface area contributed by atoms with E-state index in [4.69, 9.17) is 14.5 Å². The number of carbonyl (C=O) groups is 3. The number of carbonyl (C=O) groups excluding carboxylic acids is 3. The summed E-state index contributed by atoms with van der Waals surface area (Å²) >= 11 is 0. The van der Waals surface area contributed by atoms with Gasteiger partial charge in [-0.15, -0.1) is 0 Å². The molecule has 0 fully saturated rings. The van der Waals surface area contributed by atoms with E-state index in [1.807, 2.05) is 25.1 Å². The first-order valence-electron chi connectivity index (χ1n) is 9.76. The van der Waals surface area contributed by atoms with Crippen LogP contribution in [-0.4, -0.2) is 46.1 Å². The van der Waals surface area contributed by atoms with Crippen molar-refractivity contribution in [3.05, 3.63) is 35.9 Å². The van der Waals surface area contributed by atoms with Crippen LogP contribution in [0.5, 0.6) is 0 Å². The molecule has 10 nitrogen and oxygen atoms in total. The normalized spacial score (nSPS) is 13.1. The molecule has 0 aliphatic carbocycles. The number of hydrogen-bond donors (Lipinski definition) is 5. The number of benzene rings is 1. The molecule has 0 spiro atoms. The summed E-state index contributed by atoms with van der Waals surface area (Å²) in [6, 6.07) is 7.19. The fraction of sp³-hybridized carbons (Fsp3) is 0.526. The van der Waals surface area contributed by atoms with Crippen molar-refractivity contribution in [2.75, 3.05) is 6.29 Å². The van der Waals surface area contributed by atoms with Gasteiger partial charge in [-0.2, -0.15) is 0 Å². The van der Waals surface area contributed by atoms with Gasteiger partial charge in [-0.3, -0.25) is 14.2 Å². The van der Waals surface area contributed by atoms with Gasteiger partial charge in [0.15, 0.2) is 0 Å². The molecule has 1 rings (SSSR count). The molecule has 0 unspecified atom stereocenters. The van der Waals surface area contributed by atoms with Crippen LogP contribution in [0, 0.1) is 0 Å². The van der Waals surface area contributed by atoms with Crippen molar-refractivity contribution in [1.29, 1.82) is 0 Å². The topological polar surface area (TPSA) is 154 Å². The predicted octanol–water partition coefficient (Wildman–Crippen LogP) is 1.62. The lowest BCUT2D eigenvalue weighted by molar-refractivity contribution is -0.130. The lowest BCUT2D eigenvalue weighted by Crippen LogP contribution is -2.53. The van der Waals surface area contributed by atoms with Gasteiger partial charge in [0.05, 0.1) is 0 Å². The minimum atomic E-state index is -4.41. The third kappa shape index (κ3) is 10.4. The van der Waals surface area contributed by atoms with Crippen molar-refractivity contribution in [2.45, 2.75) is 58.2 Å². The van der Waals surface area contributed by atoms with Gasteiger partial charge in [0.1, 0.15) is 25.0 Å². The largest absolute Gasteiger partial charge is 0.445 e. The first kappa shape index (κ1) is 25.6. The van der Waals surface area contributed by atoms with Gasteiger partial charge < -0.3 is 30.5 Å². The first-order valence-corrected chi connectivity index (χ1v) is 11.6. The van der Waals surface area contributed by atoms with E-state index in [-0.39, 0.29) is 13.0 Å². The molecular formula is C19H30N3O7P. The first-order chi connectivity index (χ1) is 14.2. The van der Waals surface area contributed by atoms with Crippen LogP contribution in [0.1, 0.15) is 45.1 Å². The Morgan fingerprint density at radius 1 is 0.967 bits per heavy atom. The molecule has 0 aliphatic heterocycles. The van der Waals surface area contributed by atoms with Crippen LogP contribution >= 0.6 is 7.60 Å². The van der Waals surface area contributed by atoms with E-state index >= 15 is 0 Å². The van der Waals surface area contributed by atoms with Crippen molar-refractivity contribution in [3.8, 4) is 0 Å². The summed E-state index contributed by atoms with van der Waals surface area (Å²) < 4.78 is 16.1. The molecule has 3 amide bonds. The Balaban J connectivity index is 2.66. The lowest BCUT2D eigenvalue weighted by atomic mass is 10.1. The Hall–Kier alpha value is -2.42. The second kappa shape index (κ2) is 13.0. The molecule has 1 aromatic rings. The third-order valence-electron chi connectivity index (χ3n) is 4.07. The molecule has 0 saturated heterocycles. The van der Waals surface area contributed by atoms with Crippen LogP contribution in [0.4, 0.5) is 4.79 Å². The van der Waals surface area contributed by atoms with Crippen molar-refractivity contribution in [2.24, 2.45) is 0 Å². The zero-order valence-corrected chi connectivity index (χ0v) is 18.1. The summed E-state index contributed by atoms with van der Waals surface area (Å²) in [5.74, 6) is -1.27. The van der Waals surface area contributed by atoms with Crippen LogP contribution in [0.15, 0.2) is 30.3 Å². The maximum atomic E-state index is 12.6. The minimum Gasteiger partial charge on any atom is -0.445 e. The summed E-state index contributed by atoms with van der Waals surface area (Å²) in [5.41, 5.74) is 0.800. The fourth-order valence-corrected chi connectivity index (χ4v) is 2.96. The number of ether oxygens (including phenoxy) is 1. The van der Waals surface area contributed by atoms with E-state index in [9.17, 15) is 18.9 Å². The number of rotatable bonds is 12. The summed E-state index contributed by atoms with van der Waals surface area (Å²) in [7, 11) is -4.41. The molecule has 0 bridgehead atoms. The second-order valence-electron chi connectivity index (χ2n) is 6.76. The zero-order chi connectivity index (χ0) is 22.6. The molecule has 30 heavy (non-hydrogen) atoms. The van der Waals surface area contributed by atoms with Crippen molar-refractivity contribution >= 4 is 25.5 Å². The van der Waals surface area contributed by atoms with E-state index in [1.165, 1.54) is 0 Å². The minimum absolute atomic E-state index is 0.0520. The number of hydrogen-bond acceptors (Lipinski definition) is 5. The Labute approximate surface area is 175 Å². The standard InChI is InChI=1S/C19H30N3O7P/c1-3-8-15(17(23)20-13-30(26,27)28)21-18(24)16(9-4-2)22-19(25)29-12-14-10-6-5-7-11-14/h5-7,10-11,15-16H,3-4,8-9,12-13H2,1-2H3,(H,20,23)(H,21,24)(H,22,25)(H2,26,27,28)/t15-,16-/m0/s1. The van der Waals surface area contributed by atoms with E-state index in [0.717, 1.165) is 5.56 Å². The van der Waals surface area contributed by atoms with Gasteiger partial charge in [-0.25, -0.2) is 4.79 Å². The molecule has 0 heterocycles. The molecule has 1 aromatic carbocycles. The van der Waals surface area contributed by atoms with Gasteiger partial charge in [0.2, 0.25) is 11.8 Å². The molecule has 0 aliphatic rings. The Kier molecular flexibility index (Phi) is 11.1. The molecule has 0 saturated carbocycles. The molecule has 0 radical (unpaired) electrons. The van der Waals surface area contributed by atoms with Crippen LogP contribution < -0.4 is 16.0 Å². The third-order valence-corrected chi connectivity index (χ3v) is 4.64. The van der Waals surface area contributed by atoms with E-state index in [0.29, 0.717) is 19.3 Å². The van der Waals surface area contributed by atoms with Gasteiger partial charge in [-0.05, 0) is 18.4 Å². The average molecular weight is 443 g/mol. The molecular weight excluding hydrogens is 413 g/mol. The SMILES string of the molecule is CCC[C@H](NC(=O)OCc1ccccc1)C(=O)N[C@@H](CCC)C(=O)NCP(=O)(O)O. The number of amides is 3. The van der Waals surface area contributed by atoms with Crippen molar-refractivity contribution in [3.63, 3.8) is 0 Å². The van der Waals surface area contributed by atoms with Gasteiger partial charge in [-0.1, -0.05) is 57.0 Å². The van der Waals surface area contributed by atoms with Gasteiger partial charge in [0, 0.05) is 0 Å². The highest BCUT2D eigenvalue weighted by atomic mass is 31.2. The number of nitrogens with one attached hydrogen (secondary N) is 3. The van der Waals surface area contributed by atoms with E-state index < -0.39 is 43.9 Å². The Bertz CT molecular complexity index is 739. The molecule has 168 valence electrons. The monoisotopic (exact) mass is 443 g/mol. The summed E-state index contributed by atoms with van der Waals surface area (Å²) in [5, 5.41) is 7.18. The Morgan fingerprint density at radius 3 is 2.07 bits per heavy atom. The summed E-state index contributed by atoms with van der Waals surface area (Å²) in [4.78, 5) is 54.7. The maximum Gasteiger partial charge on any atom is 0.408 e.